The summed E-state index contributed by atoms with van der Waals surface area (Å²) in [7, 11) is 0. The molecule has 0 aliphatic heterocycles. The predicted octanol–water partition coefficient (Wildman–Crippen LogP) is 0.557. The van der Waals surface area contributed by atoms with Crippen molar-refractivity contribution in [2.24, 2.45) is 0 Å². The van der Waals surface area contributed by atoms with Crippen molar-refractivity contribution in [1.82, 2.24) is 9.78 Å². The number of aromatic amines is 1. The highest BCUT2D eigenvalue weighted by Crippen LogP contribution is 2.15. The van der Waals surface area contributed by atoms with E-state index in [2.05, 4.69) is 5.10 Å². The number of H-pyrrole nitrogens is 1. The minimum atomic E-state index is -1.05. The minimum Gasteiger partial charge on any atom is -0.508 e. The third kappa shape index (κ3) is 2.42. The van der Waals surface area contributed by atoms with Crippen LogP contribution in [0.1, 0.15) is 11.1 Å². The van der Waals surface area contributed by atoms with Gasteiger partial charge in [-0.15, -0.1) is 0 Å². The number of carbonyl (C=O) groups is 1. The zero-order valence-corrected chi connectivity index (χ0v) is 9.46. The van der Waals surface area contributed by atoms with Gasteiger partial charge in [0.25, 0.3) is 5.56 Å². The maximum atomic E-state index is 11.8. The van der Waals surface area contributed by atoms with E-state index in [0.717, 1.165) is 0 Å². The second-order valence-electron chi connectivity index (χ2n) is 3.89. The molecule has 0 radical (unpaired) electrons. The van der Waals surface area contributed by atoms with Crippen molar-refractivity contribution in [3.63, 3.8) is 0 Å². The van der Waals surface area contributed by atoms with Gasteiger partial charge in [0.15, 0.2) is 0 Å². The minimum absolute atomic E-state index is 0.0961. The molecule has 3 N–H and O–H groups in total. The van der Waals surface area contributed by atoms with Crippen molar-refractivity contribution in [1.29, 1.82) is 0 Å². The van der Waals surface area contributed by atoms with E-state index < -0.39 is 5.97 Å². The van der Waals surface area contributed by atoms with Crippen LogP contribution >= 0.6 is 0 Å². The lowest BCUT2D eigenvalue weighted by Gasteiger charge is -2.04. The molecule has 6 nitrogen and oxygen atoms in total. The fraction of sp³-hybridized carbons (Fsp3) is 0.167. The number of aromatic nitrogens is 2. The second-order valence-corrected chi connectivity index (χ2v) is 3.89. The molecule has 0 aliphatic rings. The summed E-state index contributed by atoms with van der Waals surface area (Å²) < 4.78 is 1.26. The van der Waals surface area contributed by atoms with Crippen molar-refractivity contribution in [2.45, 2.75) is 13.0 Å². The van der Waals surface area contributed by atoms with Gasteiger partial charge in [0.1, 0.15) is 5.75 Å². The Kier molecular flexibility index (Phi) is 3.18. The Bertz CT molecular complexity index is 627. The molecule has 1 heterocycles. The third-order valence-corrected chi connectivity index (χ3v) is 2.58. The lowest BCUT2D eigenvalue weighted by atomic mass is 10.2. The molecule has 2 rings (SSSR count). The van der Waals surface area contributed by atoms with E-state index in [4.69, 9.17) is 5.11 Å². The summed E-state index contributed by atoms with van der Waals surface area (Å²) in [5.41, 5.74) is 0.391. The van der Waals surface area contributed by atoms with Gasteiger partial charge in [-0.1, -0.05) is 18.2 Å². The van der Waals surface area contributed by atoms with E-state index in [1.807, 2.05) is 0 Å². The topological polar surface area (TPSA) is 95.3 Å². The molecule has 6 heteroatoms. The summed E-state index contributed by atoms with van der Waals surface area (Å²) in [6.45, 7) is 0.172. The fourth-order valence-electron chi connectivity index (χ4n) is 1.67. The maximum Gasteiger partial charge on any atom is 0.308 e. The summed E-state index contributed by atoms with van der Waals surface area (Å²) >= 11 is 0. The van der Waals surface area contributed by atoms with Gasteiger partial charge in [-0.3, -0.25) is 9.59 Å². The number of phenolic OH excluding ortho intramolecular Hbond substituents is 1. The van der Waals surface area contributed by atoms with Crippen LogP contribution in [-0.4, -0.2) is 26.0 Å². The van der Waals surface area contributed by atoms with Crippen LogP contribution < -0.4 is 5.56 Å². The molecule has 0 amide bonds. The number of para-hydroxylation sites is 1. The molecule has 1 aromatic heterocycles. The normalized spacial score (nSPS) is 10.4. The Balaban J connectivity index is 2.26. The first-order valence-electron chi connectivity index (χ1n) is 5.33. The molecule has 18 heavy (non-hydrogen) atoms. The van der Waals surface area contributed by atoms with Gasteiger partial charge in [0.2, 0.25) is 0 Å². The third-order valence-electron chi connectivity index (χ3n) is 2.58. The molecule has 0 fully saturated rings. The van der Waals surface area contributed by atoms with E-state index in [9.17, 15) is 14.7 Å². The molecule has 0 spiro atoms. The lowest BCUT2D eigenvalue weighted by Crippen LogP contribution is -2.21. The number of rotatable bonds is 4. The first-order chi connectivity index (χ1) is 8.58. The van der Waals surface area contributed by atoms with Gasteiger partial charge in [-0.2, -0.15) is 0 Å². The van der Waals surface area contributed by atoms with E-state index in [-0.39, 0.29) is 29.8 Å². The lowest BCUT2D eigenvalue weighted by molar-refractivity contribution is -0.136. The van der Waals surface area contributed by atoms with Gasteiger partial charge >= 0.3 is 5.97 Å². The van der Waals surface area contributed by atoms with Crippen LogP contribution in [0.25, 0.3) is 0 Å². The van der Waals surface area contributed by atoms with Crippen molar-refractivity contribution in [3.8, 4) is 5.75 Å². The SMILES string of the molecule is O=C(O)Cc1c[nH]n(Cc2ccccc2O)c1=O. The van der Waals surface area contributed by atoms with E-state index in [1.54, 1.807) is 18.2 Å². The molecule has 0 unspecified atom stereocenters. The molecule has 94 valence electrons. The molecule has 1 aromatic carbocycles. The van der Waals surface area contributed by atoms with Gasteiger partial charge in [-0.05, 0) is 6.07 Å². The Hall–Kier alpha value is -2.50. The van der Waals surface area contributed by atoms with Crippen LogP contribution in [0.15, 0.2) is 35.3 Å². The van der Waals surface area contributed by atoms with Gasteiger partial charge in [0.05, 0.1) is 13.0 Å². The van der Waals surface area contributed by atoms with E-state index in [1.165, 1.54) is 16.9 Å². The average Bonchev–Trinajstić information content (AvgIpc) is 2.64. The number of nitrogens with one attached hydrogen (secondary N) is 1. The number of carboxylic acids is 1. The number of carboxylic acid groups (broad SMARTS) is 1. The van der Waals surface area contributed by atoms with Crippen LogP contribution in [0.3, 0.4) is 0 Å². The van der Waals surface area contributed by atoms with Crippen LogP contribution in [-0.2, 0) is 17.8 Å². The van der Waals surface area contributed by atoms with Crippen molar-refractivity contribution in [2.75, 3.05) is 0 Å². The summed E-state index contributed by atoms with van der Waals surface area (Å²) in [5.74, 6) is -0.959. The van der Waals surface area contributed by atoms with Crippen LogP contribution in [0.5, 0.6) is 5.75 Å². The highest BCUT2D eigenvalue weighted by Gasteiger charge is 2.10. The Morgan fingerprint density at radius 2 is 2.00 bits per heavy atom. The van der Waals surface area contributed by atoms with Crippen molar-refractivity contribution < 1.29 is 15.0 Å². The largest absolute Gasteiger partial charge is 0.508 e. The Morgan fingerprint density at radius 3 is 2.67 bits per heavy atom. The molecule has 2 aromatic rings. The summed E-state index contributed by atoms with van der Waals surface area (Å²) in [6.07, 6.45) is 1.06. The van der Waals surface area contributed by atoms with E-state index >= 15 is 0 Å². The number of aliphatic carboxylic acids is 1. The monoisotopic (exact) mass is 248 g/mol. The standard InChI is InChI=1S/C12H12N2O4/c15-10-4-2-1-3-8(10)7-14-12(18)9(6-13-14)5-11(16)17/h1-4,6,13,15H,5,7H2,(H,16,17). The van der Waals surface area contributed by atoms with Crippen molar-refractivity contribution >= 4 is 5.97 Å². The summed E-state index contributed by atoms with van der Waals surface area (Å²) in [5, 5.41) is 20.9. The molecule has 0 saturated heterocycles. The second kappa shape index (κ2) is 4.79. The van der Waals surface area contributed by atoms with Crippen molar-refractivity contribution in [3.05, 3.63) is 51.9 Å². The van der Waals surface area contributed by atoms with Crippen LogP contribution in [0.4, 0.5) is 0 Å². The smallest absolute Gasteiger partial charge is 0.308 e. The molecular formula is C12H12N2O4. The zero-order chi connectivity index (χ0) is 13.1. The molecule has 0 bridgehead atoms. The van der Waals surface area contributed by atoms with Gasteiger partial charge in [0, 0.05) is 17.3 Å². The van der Waals surface area contributed by atoms with Crippen LogP contribution in [0.2, 0.25) is 0 Å². The molecule has 0 atom stereocenters. The van der Waals surface area contributed by atoms with Gasteiger partial charge in [-0.25, -0.2) is 4.68 Å². The first-order valence-corrected chi connectivity index (χ1v) is 5.33. The maximum absolute atomic E-state index is 11.8. The fourth-order valence-corrected chi connectivity index (χ4v) is 1.67. The highest BCUT2D eigenvalue weighted by atomic mass is 16.4. The average molecular weight is 248 g/mol. The van der Waals surface area contributed by atoms with Crippen LogP contribution in [0, 0.1) is 0 Å². The highest BCUT2D eigenvalue weighted by molar-refractivity contribution is 5.69. The number of phenols is 1. The summed E-state index contributed by atoms with van der Waals surface area (Å²) in [4.78, 5) is 22.3. The number of benzene rings is 1. The quantitative estimate of drug-likeness (QED) is 0.736. The Morgan fingerprint density at radius 1 is 1.28 bits per heavy atom. The first kappa shape index (κ1) is 12.0. The number of hydrogen-bond acceptors (Lipinski definition) is 3. The molecule has 0 saturated carbocycles. The number of hydrogen-bond donors (Lipinski definition) is 3. The number of nitrogens with zero attached hydrogens (tertiary/aromatic N) is 1. The molecular weight excluding hydrogens is 236 g/mol. The Labute approximate surface area is 102 Å². The number of aromatic hydroxyl groups is 1. The summed E-state index contributed by atoms with van der Waals surface area (Å²) in [6, 6.07) is 6.66. The van der Waals surface area contributed by atoms with E-state index in [0.29, 0.717) is 5.56 Å². The zero-order valence-electron chi connectivity index (χ0n) is 9.46. The molecule has 0 aliphatic carbocycles. The van der Waals surface area contributed by atoms with Gasteiger partial charge < -0.3 is 15.3 Å². The predicted molar refractivity (Wildman–Crippen MR) is 63.6 cm³/mol.